The van der Waals surface area contributed by atoms with Crippen molar-refractivity contribution in [2.45, 2.75) is 20.3 Å². The van der Waals surface area contributed by atoms with Gasteiger partial charge in [0, 0.05) is 7.05 Å². The van der Waals surface area contributed by atoms with Crippen LogP contribution in [0.5, 0.6) is 5.88 Å². The first kappa shape index (κ1) is 11.7. The van der Waals surface area contributed by atoms with Gasteiger partial charge < -0.3 is 10.1 Å². The van der Waals surface area contributed by atoms with E-state index >= 15 is 0 Å². The van der Waals surface area contributed by atoms with E-state index in [4.69, 9.17) is 4.74 Å². The summed E-state index contributed by atoms with van der Waals surface area (Å²) in [4.78, 5) is 7.59. The molecule has 1 N–H and O–H groups in total. The van der Waals surface area contributed by atoms with E-state index < -0.39 is 5.82 Å². The van der Waals surface area contributed by atoms with Crippen LogP contribution in [0.15, 0.2) is 6.20 Å². The highest BCUT2D eigenvalue weighted by molar-refractivity contribution is 5.27. The van der Waals surface area contributed by atoms with Crippen LogP contribution in [0.1, 0.15) is 20.3 Å². The van der Waals surface area contributed by atoms with Crippen LogP contribution in [0.3, 0.4) is 0 Å². The van der Waals surface area contributed by atoms with Crippen molar-refractivity contribution in [3.63, 3.8) is 0 Å². The van der Waals surface area contributed by atoms with Crippen molar-refractivity contribution in [1.29, 1.82) is 0 Å². The van der Waals surface area contributed by atoms with Crippen molar-refractivity contribution < 1.29 is 9.13 Å². The van der Waals surface area contributed by atoms with Gasteiger partial charge in [-0.25, -0.2) is 4.98 Å². The Morgan fingerprint density at radius 2 is 2.27 bits per heavy atom. The van der Waals surface area contributed by atoms with E-state index in [0.717, 1.165) is 12.6 Å². The number of hydrogen-bond donors (Lipinski definition) is 1. The largest absolute Gasteiger partial charge is 0.475 e. The van der Waals surface area contributed by atoms with E-state index in [1.54, 1.807) is 7.05 Å². The highest BCUT2D eigenvalue weighted by atomic mass is 19.1. The van der Waals surface area contributed by atoms with Crippen LogP contribution in [0.2, 0.25) is 0 Å². The lowest BCUT2D eigenvalue weighted by Crippen LogP contribution is -2.06. The Balaban J connectivity index is 2.59. The fourth-order valence-corrected chi connectivity index (χ4v) is 0.964. The average Bonchev–Trinajstić information content (AvgIpc) is 2.20. The minimum Gasteiger partial charge on any atom is -0.475 e. The van der Waals surface area contributed by atoms with E-state index in [1.165, 1.54) is 0 Å². The zero-order valence-electron chi connectivity index (χ0n) is 9.25. The molecule has 0 spiro atoms. The van der Waals surface area contributed by atoms with Crippen molar-refractivity contribution in [3.05, 3.63) is 12.0 Å². The lowest BCUT2D eigenvalue weighted by molar-refractivity contribution is 0.265. The summed E-state index contributed by atoms with van der Waals surface area (Å²) in [7, 11) is 1.67. The SMILES string of the molecule is CNc1ncc(F)c(OCCC(C)C)n1. The van der Waals surface area contributed by atoms with Crippen LogP contribution in [-0.2, 0) is 0 Å². The molecule has 0 amide bonds. The summed E-state index contributed by atoms with van der Waals surface area (Å²) in [6, 6.07) is 0. The molecule has 0 saturated heterocycles. The number of nitrogens with one attached hydrogen (secondary N) is 1. The molecule has 4 nitrogen and oxygen atoms in total. The molecule has 0 aromatic carbocycles. The van der Waals surface area contributed by atoms with Gasteiger partial charge in [-0.2, -0.15) is 9.37 Å². The Kier molecular flexibility index (Phi) is 4.27. The molecular weight excluding hydrogens is 197 g/mol. The molecule has 0 fully saturated rings. The Morgan fingerprint density at radius 1 is 1.53 bits per heavy atom. The molecule has 1 aromatic heterocycles. The van der Waals surface area contributed by atoms with Gasteiger partial charge in [-0.15, -0.1) is 0 Å². The summed E-state index contributed by atoms with van der Waals surface area (Å²) >= 11 is 0. The normalized spacial score (nSPS) is 10.5. The zero-order valence-corrected chi connectivity index (χ0v) is 9.25. The molecule has 0 saturated carbocycles. The first-order valence-electron chi connectivity index (χ1n) is 4.96. The third-order valence-electron chi connectivity index (χ3n) is 1.87. The lowest BCUT2D eigenvalue weighted by Gasteiger charge is -2.08. The zero-order chi connectivity index (χ0) is 11.3. The summed E-state index contributed by atoms with van der Waals surface area (Å²) in [6.45, 7) is 4.63. The molecule has 0 unspecified atom stereocenters. The second-order valence-corrected chi connectivity index (χ2v) is 3.63. The van der Waals surface area contributed by atoms with Gasteiger partial charge in [0.05, 0.1) is 12.8 Å². The Hall–Kier alpha value is -1.39. The number of nitrogens with zero attached hydrogens (tertiary/aromatic N) is 2. The van der Waals surface area contributed by atoms with Crippen LogP contribution in [0.4, 0.5) is 10.3 Å². The van der Waals surface area contributed by atoms with E-state index in [0.29, 0.717) is 18.5 Å². The molecule has 15 heavy (non-hydrogen) atoms. The molecule has 1 rings (SSSR count). The number of hydrogen-bond acceptors (Lipinski definition) is 4. The second kappa shape index (κ2) is 5.48. The Morgan fingerprint density at radius 3 is 2.87 bits per heavy atom. The van der Waals surface area contributed by atoms with Gasteiger partial charge in [-0.3, -0.25) is 0 Å². The number of halogens is 1. The van der Waals surface area contributed by atoms with Crippen LogP contribution in [0, 0.1) is 11.7 Å². The molecule has 84 valence electrons. The molecule has 0 aliphatic rings. The summed E-state index contributed by atoms with van der Waals surface area (Å²) in [5.74, 6) is 0.363. The van der Waals surface area contributed by atoms with Crippen molar-refractivity contribution in [1.82, 2.24) is 9.97 Å². The van der Waals surface area contributed by atoms with Gasteiger partial charge in [0.1, 0.15) is 0 Å². The first-order valence-corrected chi connectivity index (χ1v) is 4.96. The minimum atomic E-state index is -0.530. The van der Waals surface area contributed by atoms with Gasteiger partial charge >= 0.3 is 0 Å². The molecular formula is C10H16FN3O. The van der Waals surface area contributed by atoms with Crippen LogP contribution < -0.4 is 10.1 Å². The molecule has 0 aliphatic heterocycles. The predicted molar refractivity (Wildman–Crippen MR) is 56.5 cm³/mol. The molecule has 1 aromatic rings. The van der Waals surface area contributed by atoms with Gasteiger partial charge in [0.15, 0.2) is 0 Å². The maximum Gasteiger partial charge on any atom is 0.255 e. The maximum atomic E-state index is 13.2. The Bertz CT molecular complexity index is 318. The monoisotopic (exact) mass is 213 g/mol. The maximum absolute atomic E-state index is 13.2. The summed E-state index contributed by atoms with van der Waals surface area (Å²) in [5, 5.41) is 2.72. The molecule has 1 heterocycles. The van der Waals surface area contributed by atoms with E-state index in [2.05, 4.69) is 29.1 Å². The molecule has 0 radical (unpaired) electrons. The number of ether oxygens (including phenoxy) is 1. The highest BCUT2D eigenvalue weighted by Gasteiger charge is 2.07. The smallest absolute Gasteiger partial charge is 0.255 e. The Labute approximate surface area is 88.9 Å². The van der Waals surface area contributed by atoms with Crippen molar-refractivity contribution >= 4 is 5.95 Å². The fraction of sp³-hybridized carbons (Fsp3) is 0.600. The van der Waals surface area contributed by atoms with E-state index in [-0.39, 0.29) is 5.88 Å². The fourth-order valence-electron chi connectivity index (χ4n) is 0.964. The van der Waals surface area contributed by atoms with Crippen LogP contribution in [-0.4, -0.2) is 23.6 Å². The van der Waals surface area contributed by atoms with Gasteiger partial charge in [-0.1, -0.05) is 13.8 Å². The molecule has 0 aliphatic carbocycles. The van der Waals surface area contributed by atoms with Crippen molar-refractivity contribution in [3.8, 4) is 5.88 Å². The summed E-state index contributed by atoms with van der Waals surface area (Å²) in [6.07, 6.45) is 1.97. The van der Waals surface area contributed by atoms with E-state index in [9.17, 15) is 4.39 Å². The molecule has 5 heteroatoms. The van der Waals surface area contributed by atoms with Crippen LogP contribution in [0.25, 0.3) is 0 Å². The van der Waals surface area contributed by atoms with Gasteiger partial charge in [0.25, 0.3) is 5.88 Å². The molecule has 0 atom stereocenters. The van der Waals surface area contributed by atoms with E-state index in [1.807, 2.05) is 0 Å². The lowest BCUT2D eigenvalue weighted by atomic mass is 10.1. The van der Waals surface area contributed by atoms with Crippen molar-refractivity contribution in [2.75, 3.05) is 19.0 Å². The summed E-state index contributed by atoms with van der Waals surface area (Å²) in [5.41, 5.74) is 0. The van der Waals surface area contributed by atoms with Crippen molar-refractivity contribution in [2.24, 2.45) is 5.92 Å². The highest BCUT2D eigenvalue weighted by Crippen LogP contribution is 2.14. The number of aromatic nitrogens is 2. The van der Waals surface area contributed by atoms with Crippen LogP contribution >= 0.6 is 0 Å². The topological polar surface area (TPSA) is 47.0 Å². The van der Waals surface area contributed by atoms with Gasteiger partial charge in [0.2, 0.25) is 11.8 Å². The second-order valence-electron chi connectivity index (χ2n) is 3.63. The molecule has 0 bridgehead atoms. The average molecular weight is 213 g/mol. The summed E-state index contributed by atoms with van der Waals surface area (Å²) < 4.78 is 18.4. The third-order valence-corrected chi connectivity index (χ3v) is 1.87. The third kappa shape index (κ3) is 3.69. The standard InChI is InChI=1S/C10H16FN3O/c1-7(2)4-5-15-9-8(11)6-13-10(12-3)14-9/h6-7H,4-5H2,1-3H3,(H,12,13,14). The quantitative estimate of drug-likeness (QED) is 0.813. The van der Waals surface area contributed by atoms with Gasteiger partial charge in [-0.05, 0) is 12.3 Å². The minimum absolute atomic E-state index is 0.00926. The number of rotatable bonds is 5. The number of anilines is 1. The first-order chi connectivity index (χ1) is 7.13. The predicted octanol–water partition coefficient (Wildman–Crippen LogP) is 2.08.